The van der Waals surface area contributed by atoms with Gasteiger partial charge in [0.1, 0.15) is 0 Å². The fourth-order valence-electron chi connectivity index (χ4n) is 1.79. The molecule has 0 aliphatic carbocycles. The summed E-state index contributed by atoms with van der Waals surface area (Å²) in [6.45, 7) is 7.06. The Balaban J connectivity index is 2.34. The normalized spacial score (nSPS) is 10.9. The average molecular weight is 252 g/mol. The zero-order valence-corrected chi connectivity index (χ0v) is 11.5. The molecule has 0 bridgehead atoms. The first-order chi connectivity index (χ1) is 8.56. The van der Waals surface area contributed by atoms with Crippen LogP contribution in [0.15, 0.2) is 0 Å². The molecule has 0 saturated heterocycles. The Bertz CT molecular complexity index is 384. The molecule has 18 heavy (non-hydrogen) atoms. The maximum Gasteiger partial charge on any atom is 0.273 e. The highest BCUT2D eigenvalue weighted by Crippen LogP contribution is 2.14. The van der Waals surface area contributed by atoms with Gasteiger partial charge in [0.2, 0.25) is 0 Å². The Morgan fingerprint density at radius 2 is 2.17 bits per heavy atom. The lowest BCUT2D eigenvalue weighted by Gasteiger charge is -2.05. The standard InChI is InChI=1S/C13H24N4O/c1-4-10-11(14)12(17-16-10)13(18)15-8-6-5-7-9(2)3/h9H,4-8,14H2,1-3H3,(H,15,18)(H,16,17). The van der Waals surface area contributed by atoms with Crippen molar-refractivity contribution < 1.29 is 4.79 Å². The minimum Gasteiger partial charge on any atom is -0.395 e. The minimum atomic E-state index is -0.187. The van der Waals surface area contributed by atoms with E-state index >= 15 is 0 Å². The molecule has 0 spiro atoms. The molecule has 0 unspecified atom stereocenters. The number of nitrogen functional groups attached to an aromatic ring is 1. The van der Waals surface area contributed by atoms with Crippen molar-refractivity contribution in [2.45, 2.75) is 46.5 Å². The van der Waals surface area contributed by atoms with Gasteiger partial charge in [0, 0.05) is 6.54 Å². The van der Waals surface area contributed by atoms with Crippen LogP contribution in [0.2, 0.25) is 0 Å². The zero-order valence-electron chi connectivity index (χ0n) is 11.5. The number of H-pyrrole nitrogens is 1. The molecule has 102 valence electrons. The number of nitrogens with zero attached hydrogens (tertiary/aromatic N) is 1. The van der Waals surface area contributed by atoms with Crippen molar-refractivity contribution in [2.75, 3.05) is 12.3 Å². The van der Waals surface area contributed by atoms with Crippen LogP contribution in [0.5, 0.6) is 0 Å². The molecule has 1 aromatic rings. The number of amides is 1. The van der Waals surface area contributed by atoms with E-state index in [1.54, 1.807) is 0 Å². The van der Waals surface area contributed by atoms with Gasteiger partial charge < -0.3 is 11.1 Å². The average Bonchev–Trinajstić information content (AvgIpc) is 2.69. The second-order valence-corrected chi connectivity index (χ2v) is 4.96. The predicted molar refractivity (Wildman–Crippen MR) is 73.4 cm³/mol. The van der Waals surface area contributed by atoms with Gasteiger partial charge in [-0.3, -0.25) is 9.89 Å². The van der Waals surface area contributed by atoms with Crippen molar-refractivity contribution in [1.29, 1.82) is 0 Å². The number of anilines is 1. The third-order valence-corrected chi connectivity index (χ3v) is 2.95. The summed E-state index contributed by atoms with van der Waals surface area (Å²) in [5.74, 6) is 0.530. The number of nitrogens with one attached hydrogen (secondary N) is 2. The summed E-state index contributed by atoms with van der Waals surface area (Å²) in [6.07, 6.45) is 4.07. The minimum absolute atomic E-state index is 0.187. The largest absolute Gasteiger partial charge is 0.395 e. The van der Waals surface area contributed by atoms with Gasteiger partial charge in [0.25, 0.3) is 5.91 Å². The maximum absolute atomic E-state index is 11.8. The van der Waals surface area contributed by atoms with Crippen molar-refractivity contribution in [3.8, 4) is 0 Å². The molecule has 0 saturated carbocycles. The Labute approximate surface area is 109 Å². The second-order valence-electron chi connectivity index (χ2n) is 4.96. The maximum atomic E-state index is 11.8. The number of carbonyl (C=O) groups excluding carboxylic acids is 1. The molecule has 0 aliphatic heterocycles. The van der Waals surface area contributed by atoms with Crippen molar-refractivity contribution in [3.63, 3.8) is 0 Å². The fourth-order valence-corrected chi connectivity index (χ4v) is 1.79. The fraction of sp³-hybridized carbons (Fsp3) is 0.692. The van der Waals surface area contributed by atoms with E-state index < -0.39 is 0 Å². The third-order valence-electron chi connectivity index (χ3n) is 2.95. The van der Waals surface area contributed by atoms with Crippen molar-refractivity contribution in [3.05, 3.63) is 11.4 Å². The van der Waals surface area contributed by atoms with Crippen molar-refractivity contribution in [1.82, 2.24) is 15.5 Å². The molecule has 0 aromatic carbocycles. The Hall–Kier alpha value is -1.52. The van der Waals surface area contributed by atoms with Crippen LogP contribution in [0.3, 0.4) is 0 Å². The molecule has 0 fully saturated rings. The number of hydrogen-bond donors (Lipinski definition) is 3. The molecular formula is C13H24N4O. The van der Waals surface area contributed by atoms with E-state index in [9.17, 15) is 4.79 Å². The first kappa shape index (κ1) is 14.5. The van der Waals surface area contributed by atoms with Crippen LogP contribution in [0.25, 0.3) is 0 Å². The van der Waals surface area contributed by atoms with Gasteiger partial charge in [-0.25, -0.2) is 0 Å². The lowest BCUT2D eigenvalue weighted by molar-refractivity contribution is 0.0948. The van der Waals surface area contributed by atoms with Crippen LogP contribution in [-0.2, 0) is 6.42 Å². The number of nitrogens with two attached hydrogens (primary N) is 1. The Kier molecular flexibility index (Phi) is 5.68. The van der Waals surface area contributed by atoms with E-state index in [1.807, 2.05) is 6.92 Å². The lowest BCUT2D eigenvalue weighted by atomic mass is 10.1. The van der Waals surface area contributed by atoms with Crippen molar-refractivity contribution >= 4 is 11.6 Å². The topological polar surface area (TPSA) is 83.8 Å². The van der Waals surface area contributed by atoms with E-state index in [0.29, 0.717) is 17.9 Å². The highest BCUT2D eigenvalue weighted by molar-refractivity contribution is 5.97. The van der Waals surface area contributed by atoms with Gasteiger partial charge in [0.05, 0.1) is 11.4 Å². The quantitative estimate of drug-likeness (QED) is 0.650. The summed E-state index contributed by atoms with van der Waals surface area (Å²) in [5, 5.41) is 9.59. The molecule has 0 aliphatic rings. The van der Waals surface area contributed by atoms with Crippen molar-refractivity contribution in [2.24, 2.45) is 5.92 Å². The number of aryl methyl sites for hydroxylation is 1. The molecule has 4 N–H and O–H groups in total. The van der Waals surface area contributed by atoms with Gasteiger partial charge in [-0.1, -0.05) is 33.6 Å². The Morgan fingerprint density at radius 3 is 2.72 bits per heavy atom. The molecule has 1 aromatic heterocycles. The molecule has 1 rings (SSSR count). The first-order valence-electron chi connectivity index (χ1n) is 6.67. The van der Waals surface area contributed by atoms with Crippen LogP contribution in [0.4, 0.5) is 5.69 Å². The molecular weight excluding hydrogens is 228 g/mol. The predicted octanol–water partition coefficient (Wildman–Crippen LogP) is 2.11. The van der Waals surface area contributed by atoms with E-state index in [0.717, 1.165) is 30.9 Å². The summed E-state index contributed by atoms with van der Waals surface area (Å²) in [5.41, 5.74) is 7.43. The molecule has 1 amide bonds. The molecule has 5 heteroatoms. The number of aromatic nitrogens is 2. The zero-order chi connectivity index (χ0) is 13.5. The first-order valence-corrected chi connectivity index (χ1v) is 6.67. The highest BCUT2D eigenvalue weighted by Gasteiger charge is 2.15. The highest BCUT2D eigenvalue weighted by atomic mass is 16.1. The third kappa shape index (κ3) is 4.05. The van der Waals surface area contributed by atoms with Crippen LogP contribution in [-0.4, -0.2) is 22.6 Å². The number of rotatable bonds is 7. The van der Waals surface area contributed by atoms with Gasteiger partial charge in [-0.2, -0.15) is 5.10 Å². The second kappa shape index (κ2) is 7.03. The lowest BCUT2D eigenvalue weighted by Crippen LogP contribution is -2.25. The summed E-state index contributed by atoms with van der Waals surface area (Å²) in [6, 6.07) is 0. The summed E-state index contributed by atoms with van der Waals surface area (Å²) >= 11 is 0. The molecule has 1 heterocycles. The number of hydrogen-bond acceptors (Lipinski definition) is 3. The smallest absolute Gasteiger partial charge is 0.273 e. The van der Waals surface area contributed by atoms with Crippen LogP contribution < -0.4 is 11.1 Å². The van der Waals surface area contributed by atoms with Gasteiger partial charge in [-0.15, -0.1) is 0 Å². The van der Waals surface area contributed by atoms with Crippen LogP contribution >= 0.6 is 0 Å². The summed E-state index contributed by atoms with van der Waals surface area (Å²) in [4.78, 5) is 11.8. The number of aromatic amines is 1. The van der Waals surface area contributed by atoms with E-state index in [2.05, 4.69) is 29.4 Å². The van der Waals surface area contributed by atoms with Crippen LogP contribution in [0.1, 0.15) is 56.2 Å². The monoisotopic (exact) mass is 252 g/mol. The Morgan fingerprint density at radius 1 is 1.44 bits per heavy atom. The van der Waals surface area contributed by atoms with Crippen LogP contribution in [0, 0.1) is 5.92 Å². The summed E-state index contributed by atoms with van der Waals surface area (Å²) in [7, 11) is 0. The van der Waals surface area contributed by atoms with Gasteiger partial charge in [0.15, 0.2) is 5.69 Å². The van der Waals surface area contributed by atoms with E-state index in [4.69, 9.17) is 5.73 Å². The van der Waals surface area contributed by atoms with Gasteiger partial charge in [-0.05, 0) is 18.8 Å². The summed E-state index contributed by atoms with van der Waals surface area (Å²) < 4.78 is 0. The molecule has 0 radical (unpaired) electrons. The van der Waals surface area contributed by atoms with E-state index in [-0.39, 0.29) is 5.91 Å². The van der Waals surface area contributed by atoms with Gasteiger partial charge >= 0.3 is 0 Å². The number of unbranched alkanes of at least 4 members (excludes halogenated alkanes) is 1. The molecule has 0 atom stereocenters. The molecule has 5 nitrogen and oxygen atoms in total. The SMILES string of the molecule is CCc1[nH]nc(C(=O)NCCCCC(C)C)c1N. The number of carbonyl (C=O) groups is 1. The van der Waals surface area contributed by atoms with E-state index in [1.165, 1.54) is 6.42 Å².